The first-order valence-electron chi connectivity index (χ1n) is 7.78. The third kappa shape index (κ3) is 6.57. The van der Waals surface area contributed by atoms with E-state index < -0.39 is 0 Å². The average molecular weight is 407 g/mol. The molecule has 25 heavy (non-hydrogen) atoms. The summed E-state index contributed by atoms with van der Waals surface area (Å²) in [7, 11) is 0. The van der Waals surface area contributed by atoms with Crippen molar-refractivity contribution < 1.29 is 14.6 Å². The van der Waals surface area contributed by atoms with Gasteiger partial charge in [-0.1, -0.05) is 41.4 Å². The molecule has 0 saturated carbocycles. The van der Waals surface area contributed by atoms with Crippen LogP contribution in [0.25, 0.3) is 0 Å². The van der Waals surface area contributed by atoms with E-state index in [0.29, 0.717) is 47.8 Å². The van der Waals surface area contributed by atoms with Crippen molar-refractivity contribution in [2.45, 2.75) is 20.1 Å². The fourth-order valence-electron chi connectivity index (χ4n) is 2.22. The highest BCUT2D eigenvalue weighted by Gasteiger charge is 2.12. The van der Waals surface area contributed by atoms with Gasteiger partial charge in [-0.2, -0.15) is 0 Å². The third-order valence-corrected chi connectivity index (χ3v) is 3.94. The summed E-state index contributed by atoms with van der Waals surface area (Å²) < 4.78 is 11.7. The second-order valence-electron chi connectivity index (χ2n) is 5.10. The highest BCUT2D eigenvalue weighted by molar-refractivity contribution is 6.35. The number of ether oxygens (including phenoxy) is 2. The largest absolute Gasteiger partial charge is 0.490 e. The van der Waals surface area contributed by atoms with Gasteiger partial charge in [0, 0.05) is 34.3 Å². The Bertz CT molecular complexity index is 668. The zero-order chi connectivity index (χ0) is 17.4. The van der Waals surface area contributed by atoms with Crippen LogP contribution in [0.5, 0.6) is 11.5 Å². The van der Waals surface area contributed by atoms with Crippen LogP contribution in [0.2, 0.25) is 10.0 Å². The molecule has 0 fully saturated rings. The van der Waals surface area contributed by atoms with Crippen molar-refractivity contribution >= 4 is 35.6 Å². The van der Waals surface area contributed by atoms with Crippen LogP contribution in [0.4, 0.5) is 0 Å². The van der Waals surface area contributed by atoms with E-state index >= 15 is 0 Å². The summed E-state index contributed by atoms with van der Waals surface area (Å²) in [6.45, 7) is 3.96. The Hall–Kier alpha value is -1.17. The van der Waals surface area contributed by atoms with Crippen LogP contribution in [0.1, 0.15) is 18.1 Å². The Kier molecular flexibility index (Phi) is 10.0. The van der Waals surface area contributed by atoms with Crippen molar-refractivity contribution in [3.63, 3.8) is 0 Å². The number of aliphatic hydroxyl groups excluding tert-OH is 1. The van der Waals surface area contributed by atoms with Crippen LogP contribution in [-0.2, 0) is 13.2 Å². The number of nitrogens with one attached hydrogen (secondary N) is 1. The molecule has 0 saturated heterocycles. The fraction of sp³-hybridized carbons (Fsp3) is 0.333. The molecular weight excluding hydrogens is 385 g/mol. The van der Waals surface area contributed by atoms with Gasteiger partial charge in [0.2, 0.25) is 0 Å². The number of benzene rings is 2. The van der Waals surface area contributed by atoms with Crippen LogP contribution >= 0.6 is 35.6 Å². The summed E-state index contributed by atoms with van der Waals surface area (Å²) in [5.41, 5.74) is 1.81. The molecule has 2 rings (SSSR count). The number of aliphatic hydroxyl groups is 1. The first kappa shape index (κ1) is 21.9. The Morgan fingerprint density at radius 3 is 2.56 bits per heavy atom. The van der Waals surface area contributed by atoms with Crippen molar-refractivity contribution in [2.24, 2.45) is 0 Å². The van der Waals surface area contributed by atoms with Gasteiger partial charge in [0.15, 0.2) is 11.5 Å². The minimum atomic E-state index is 0. The van der Waals surface area contributed by atoms with Crippen LogP contribution in [0, 0.1) is 0 Å². The Morgan fingerprint density at radius 1 is 1.08 bits per heavy atom. The topological polar surface area (TPSA) is 50.7 Å². The molecule has 2 N–H and O–H groups in total. The summed E-state index contributed by atoms with van der Waals surface area (Å²) in [4.78, 5) is 0. The lowest BCUT2D eigenvalue weighted by atomic mass is 10.1. The van der Waals surface area contributed by atoms with E-state index in [2.05, 4.69) is 5.32 Å². The number of para-hydroxylation sites is 1. The van der Waals surface area contributed by atoms with Gasteiger partial charge in [0.1, 0.15) is 6.61 Å². The van der Waals surface area contributed by atoms with Crippen molar-refractivity contribution in [2.75, 3.05) is 19.8 Å². The van der Waals surface area contributed by atoms with Crippen molar-refractivity contribution in [3.8, 4) is 11.5 Å². The first-order chi connectivity index (χ1) is 11.7. The molecule has 0 heterocycles. The SMILES string of the molecule is CCOc1cccc(CNCCO)c1OCc1ccc(Cl)cc1Cl.Cl. The number of hydrogen-bond donors (Lipinski definition) is 2. The van der Waals surface area contributed by atoms with E-state index in [-0.39, 0.29) is 19.0 Å². The van der Waals surface area contributed by atoms with Gasteiger partial charge in [-0.3, -0.25) is 0 Å². The van der Waals surface area contributed by atoms with E-state index in [0.717, 1.165) is 11.1 Å². The highest BCUT2D eigenvalue weighted by atomic mass is 35.5. The zero-order valence-corrected chi connectivity index (χ0v) is 16.3. The summed E-state index contributed by atoms with van der Waals surface area (Å²) in [6.07, 6.45) is 0. The van der Waals surface area contributed by atoms with Crippen LogP contribution < -0.4 is 14.8 Å². The molecule has 0 bridgehead atoms. The predicted molar refractivity (Wildman–Crippen MR) is 104 cm³/mol. The molecular formula is C18H22Cl3NO3. The van der Waals surface area contributed by atoms with Crippen LogP contribution in [0.15, 0.2) is 36.4 Å². The fourth-order valence-corrected chi connectivity index (χ4v) is 2.69. The van der Waals surface area contributed by atoms with Crippen molar-refractivity contribution in [3.05, 3.63) is 57.6 Å². The minimum Gasteiger partial charge on any atom is -0.490 e. The lowest BCUT2D eigenvalue weighted by Crippen LogP contribution is -2.18. The Morgan fingerprint density at radius 2 is 1.88 bits per heavy atom. The van der Waals surface area contributed by atoms with Crippen LogP contribution in [-0.4, -0.2) is 24.9 Å². The molecule has 0 atom stereocenters. The first-order valence-corrected chi connectivity index (χ1v) is 8.54. The minimum absolute atomic E-state index is 0. The van der Waals surface area contributed by atoms with Gasteiger partial charge in [-0.25, -0.2) is 0 Å². The maximum absolute atomic E-state index is 8.91. The molecule has 0 aliphatic carbocycles. The second-order valence-corrected chi connectivity index (χ2v) is 5.95. The van der Waals surface area contributed by atoms with E-state index in [1.165, 1.54) is 0 Å². The maximum atomic E-state index is 8.91. The lowest BCUT2D eigenvalue weighted by Gasteiger charge is -2.17. The van der Waals surface area contributed by atoms with Gasteiger partial charge >= 0.3 is 0 Å². The lowest BCUT2D eigenvalue weighted by molar-refractivity contribution is 0.264. The molecule has 0 amide bonds. The molecule has 2 aromatic rings. The molecule has 0 radical (unpaired) electrons. The molecule has 0 unspecified atom stereocenters. The van der Waals surface area contributed by atoms with Crippen LogP contribution in [0.3, 0.4) is 0 Å². The molecule has 138 valence electrons. The molecule has 2 aromatic carbocycles. The van der Waals surface area contributed by atoms with Crippen molar-refractivity contribution in [1.82, 2.24) is 5.32 Å². The Balaban J connectivity index is 0.00000312. The standard InChI is InChI=1S/C18H21Cl2NO3.ClH/c1-2-23-17-5-3-4-13(11-21-8-9-22)18(17)24-12-14-6-7-15(19)10-16(14)20;/h3-7,10,21-22H,2,8-9,11-12H2,1H3;1H. The molecule has 0 aliphatic heterocycles. The van der Waals surface area contributed by atoms with E-state index in [1.807, 2.05) is 31.2 Å². The predicted octanol–water partition coefficient (Wildman–Crippen LogP) is 4.47. The average Bonchev–Trinajstić information content (AvgIpc) is 2.56. The second kappa shape index (κ2) is 11.4. The van der Waals surface area contributed by atoms with Crippen molar-refractivity contribution in [1.29, 1.82) is 0 Å². The monoisotopic (exact) mass is 405 g/mol. The summed E-state index contributed by atoms with van der Waals surface area (Å²) in [5, 5.41) is 13.2. The molecule has 0 aliphatic rings. The van der Waals surface area contributed by atoms with Gasteiger partial charge in [0.05, 0.1) is 13.2 Å². The quantitative estimate of drug-likeness (QED) is 0.603. The van der Waals surface area contributed by atoms with Gasteiger partial charge < -0.3 is 19.9 Å². The highest BCUT2D eigenvalue weighted by Crippen LogP contribution is 2.33. The van der Waals surface area contributed by atoms with E-state index in [9.17, 15) is 0 Å². The number of rotatable bonds is 9. The molecule has 0 aromatic heterocycles. The normalized spacial score (nSPS) is 10.2. The number of hydrogen-bond acceptors (Lipinski definition) is 4. The Labute approximate surface area is 164 Å². The summed E-state index contributed by atoms with van der Waals surface area (Å²) >= 11 is 12.1. The van der Waals surface area contributed by atoms with Gasteiger partial charge in [-0.15, -0.1) is 12.4 Å². The zero-order valence-electron chi connectivity index (χ0n) is 13.9. The van der Waals surface area contributed by atoms with Gasteiger partial charge in [0.25, 0.3) is 0 Å². The maximum Gasteiger partial charge on any atom is 0.166 e. The van der Waals surface area contributed by atoms with E-state index in [1.54, 1.807) is 12.1 Å². The number of halogens is 3. The molecule has 0 spiro atoms. The summed E-state index contributed by atoms with van der Waals surface area (Å²) in [6, 6.07) is 11.1. The third-order valence-electron chi connectivity index (χ3n) is 3.35. The van der Waals surface area contributed by atoms with Gasteiger partial charge in [-0.05, 0) is 25.1 Å². The molecule has 4 nitrogen and oxygen atoms in total. The smallest absolute Gasteiger partial charge is 0.166 e. The summed E-state index contributed by atoms with van der Waals surface area (Å²) in [5.74, 6) is 1.36. The molecule has 7 heteroatoms. The van der Waals surface area contributed by atoms with E-state index in [4.69, 9.17) is 37.8 Å².